The van der Waals surface area contributed by atoms with Crippen LogP contribution >= 0.6 is 0 Å². The van der Waals surface area contributed by atoms with E-state index in [1.165, 1.54) is 31.6 Å². The van der Waals surface area contributed by atoms with Gasteiger partial charge in [-0.05, 0) is 67.8 Å². The first-order valence-corrected chi connectivity index (χ1v) is 10.6. The molecule has 1 saturated carbocycles. The standard InChI is InChI=1S/C23H36O4/c1-7-21(3)12-9-17-16(14-21)18(27-15(2)24)13-19-22(17,4)10-8-11-23(19,5)20(25)26-6/h18-19H,7-14H2,1-6H3. The summed E-state index contributed by atoms with van der Waals surface area (Å²) in [5.74, 6) is -0.187. The first kappa shape index (κ1) is 20.4. The van der Waals surface area contributed by atoms with Crippen molar-refractivity contribution in [2.75, 3.05) is 7.11 Å². The molecule has 0 radical (unpaired) electrons. The molecular weight excluding hydrogens is 340 g/mol. The zero-order valence-electron chi connectivity index (χ0n) is 17.9. The summed E-state index contributed by atoms with van der Waals surface area (Å²) >= 11 is 0. The maximum Gasteiger partial charge on any atom is 0.311 e. The second-order valence-electron chi connectivity index (χ2n) is 9.91. The van der Waals surface area contributed by atoms with Crippen molar-refractivity contribution in [1.82, 2.24) is 0 Å². The Bertz CT molecular complexity index is 665. The molecule has 0 aliphatic heterocycles. The van der Waals surface area contributed by atoms with Gasteiger partial charge in [0, 0.05) is 6.92 Å². The highest BCUT2D eigenvalue weighted by Gasteiger charge is 2.59. The van der Waals surface area contributed by atoms with Crippen LogP contribution in [0.5, 0.6) is 0 Å². The number of hydrogen-bond acceptors (Lipinski definition) is 4. The highest BCUT2D eigenvalue weighted by atomic mass is 16.5. The average molecular weight is 377 g/mol. The van der Waals surface area contributed by atoms with Crippen molar-refractivity contribution in [2.45, 2.75) is 92.1 Å². The van der Waals surface area contributed by atoms with Crippen LogP contribution in [0.1, 0.15) is 86.0 Å². The Morgan fingerprint density at radius 2 is 1.85 bits per heavy atom. The van der Waals surface area contributed by atoms with E-state index in [1.54, 1.807) is 0 Å². The largest absolute Gasteiger partial charge is 0.469 e. The molecule has 0 amide bonds. The highest BCUT2D eigenvalue weighted by molar-refractivity contribution is 5.77. The van der Waals surface area contributed by atoms with Crippen LogP contribution < -0.4 is 0 Å². The number of rotatable bonds is 3. The van der Waals surface area contributed by atoms with Gasteiger partial charge in [0.2, 0.25) is 0 Å². The number of carbonyl (C=O) groups excluding carboxylic acids is 2. The third-order valence-corrected chi connectivity index (χ3v) is 8.26. The molecule has 0 aromatic carbocycles. The quantitative estimate of drug-likeness (QED) is 0.501. The molecule has 0 aromatic rings. The van der Waals surface area contributed by atoms with E-state index < -0.39 is 5.41 Å². The van der Waals surface area contributed by atoms with Crippen molar-refractivity contribution in [1.29, 1.82) is 0 Å². The van der Waals surface area contributed by atoms with Crippen molar-refractivity contribution in [3.05, 3.63) is 11.1 Å². The Hall–Kier alpha value is -1.32. The van der Waals surface area contributed by atoms with Crippen LogP contribution in [0.3, 0.4) is 0 Å². The number of allylic oxidation sites excluding steroid dienone is 1. The van der Waals surface area contributed by atoms with Crippen molar-refractivity contribution < 1.29 is 19.1 Å². The minimum atomic E-state index is -0.510. The third-order valence-electron chi connectivity index (χ3n) is 8.26. The molecule has 0 N–H and O–H groups in total. The van der Waals surface area contributed by atoms with E-state index in [9.17, 15) is 9.59 Å². The minimum Gasteiger partial charge on any atom is -0.469 e. The lowest BCUT2D eigenvalue weighted by Gasteiger charge is -2.58. The van der Waals surface area contributed by atoms with Gasteiger partial charge in [-0.2, -0.15) is 0 Å². The van der Waals surface area contributed by atoms with E-state index in [2.05, 4.69) is 27.7 Å². The van der Waals surface area contributed by atoms with E-state index in [-0.39, 0.29) is 34.8 Å². The molecule has 152 valence electrons. The lowest BCUT2D eigenvalue weighted by Crippen LogP contribution is -2.54. The molecule has 4 heteroatoms. The SMILES string of the molecule is CCC1(C)CCC2=C(C1)C(OC(C)=O)CC1C(C)(C(=O)OC)CCCC21C. The Balaban J connectivity index is 2.10. The van der Waals surface area contributed by atoms with Gasteiger partial charge in [-0.15, -0.1) is 0 Å². The number of methoxy groups -OCH3 is 1. The molecule has 5 atom stereocenters. The van der Waals surface area contributed by atoms with Gasteiger partial charge in [-0.3, -0.25) is 9.59 Å². The van der Waals surface area contributed by atoms with Gasteiger partial charge in [0.1, 0.15) is 6.10 Å². The van der Waals surface area contributed by atoms with E-state index in [0.717, 1.165) is 44.9 Å². The van der Waals surface area contributed by atoms with E-state index >= 15 is 0 Å². The summed E-state index contributed by atoms with van der Waals surface area (Å²) in [5, 5.41) is 0. The maximum atomic E-state index is 12.8. The summed E-state index contributed by atoms with van der Waals surface area (Å²) in [6.07, 6.45) is 7.92. The van der Waals surface area contributed by atoms with Gasteiger partial charge < -0.3 is 9.47 Å². The van der Waals surface area contributed by atoms with Crippen molar-refractivity contribution in [2.24, 2.45) is 22.2 Å². The molecule has 0 saturated heterocycles. The number of ether oxygens (including phenoxy) is 2. The second kappa shape index (κ2) is 6.93. The fraction of sp³-hybridized carbons (Fsp3) is 0.826. The van der Waals surface area contributed by atoms with Crippen LogP contribution in [0.4, 0.5) is 0 Å². The van der Waals surface area contributed by atoms with Crippen LogP contribution in [0.25, 0.3) is 0 Å². The van der Waals surface area contributed by atoms with Gasteiger partial charge in [-0.1, -0.05) is 39.2 Å². The highest BCUT2D eigenvalue weighted by Crippen LogP contribution is 2.63. The smallest absolute Gasteiger partial charge is 0.311 e. The van der Waals surface area contributed by atoms with Gasteiger partial charge in [0.25, 0.3) is 0 Å². The van der Waals surface area contributed by atoms with Gasteiger partial charge in [-0.25, -0.2) is 0 Å². The fourth-order valence-electron chi connectivity index (χ4n) is 6.41. The summed E-state index contributed by atoms with van der Waals surface area (Å²) in [7, 11) is 1.49. The third kappa shape index (κ3) is 3.23. The van der Waals surface area contributed by atoms with Crippen LogP contribution in [0.2, 0.25) is 0 Å². The number of hydrogen-bond donors (Lipinski definition) is 0. The zero-order chi connectivity index (χ0) is 20.0. The molecule has 3 aliphatic carbocycles. The van der Waals surface area contributed by atoms with Crippen LogP contribution in [0.15, 0.2) is 11.1 Å². The Morgan fingerprint density at radius 3 is 2.44 bits per heavy atom. The zero-order valence-corrected chi connectivity index (χ0v) is 17.9. The van der Waals surface area contributed by atoms with E-state index in [4.69, 9.17) is 9.47 Å². The van der Waals surface area contributed by atoms with Crippen molar-refractivity contribution in [3.63, 3.8) is 0 Å². The van der Waals surface area contributed by atoms with E-state index in [1.807, 2.05) is 0 Å². The average Bonchev–Trinajstić information content (AvgIpc) is 2.62. The second-order valence-corrected chi connectivity index (χ2v) is 9.91. The number of esters is 2. The molecule has 0 heterocycles. The normalized spacial score (nSPS) is 41.4. The van der Waals surface area contributed by atoms with Gasteiger partial charge in [0.05, 0.1) is 12.5 Å². The maximum absolute atomic E-state index is 12.8. The predicted octanol–water partition coefficient (Wildman–Crippen LogP) is 5.20. The Labute approximate surface area is 164 Å². The van der Waals surface area contributed by atoms with Crippen LogP contribution in [0, 0.1) is 22.2 Å². The Morgan fingerprint density at radius 1 is 1.15 bits per heavy atom. The first-order chi connectivity index (χ1) is 12.6. The molecule has 1 fully saturated rings. The van der Waals surface area contributed by atoms with E-state index in [0.29, 0.717) is 0 Å². The summed E-state index contributed by atoms with van der Waals surface area (Å²) < 4.78 is 11.1. The van der Waals surface area contributed by atoms with Crippen LogP contribution in [-0.2, 0) is 19.1 Å². The molecule has 4 nitrogen and oxygen atoms in total. The number of fused-ring (bicyclic) bond motifs is 2. The minimum absolute atomic E-state index is 0.00223. The number of carbonyl (C=O) groups is 2. The van der Waals surface area contributed by atoms with Crippen molar-refractivity contribution >= 4 is 11.9 Å². The molecule has 5 unspecified atom stereocenters. The van der Waals surface area contributed by atoms with Crippen LogP contribution in [-0.4, -0.2) is 25.2 Å². The topological polar surface area (TPSA) is 52.6 Å². The van der Waals surface area contributed by atoms with Gasteiger partial charge >= 0.3 is 11.9 Å². The summed E-state index contributed by atoms with van der Waals surface area (Å²) in [5.41, 5.74) is 2.60. The summed E-state index contributed by atoms with van der Waals surface area (Å²) in [6.45, 7) is 10.5. The molecule has 0 spiro atoms. The molecule has 27 heavy (non-hydrogen) atoms. The molecule has 3 rings (SSSR count). The first-order valence-electron chi connectivity index (χ1n) is 10.6. The van der Waals surface area contributed by atoms with Crippen molar-refractivity contribution in [3.8, 4) is 0 Å². The predicted molar refractivity (Wildman–Crippen MR) is 105 cm³/mol. The summed E-state index contributed by atoms with van der Waals surface area (Å²) in [6, 6.07) is 0. The molecule has 3 aliphatic rings. The molecule has 0 aromatic heterocycles. The fourth-order valence-corrected chi connectivity index (χ4v) is 6.41. The van der Waals surface area contributed by atoms with Gasteiger partial charge in [0.15, 0.2) is 0 Å². The monoisotopic (exact) mass is 376 g/mol. The lowest BCUT2D eigenvalue weighted by molar-refractivity contribution is -0.166. The lowest BCUT2D eigenvalue weighted by atomic mass is 9.47. The summed E-state index contributed by atoms with van der Waals surface area (Å²) in [4.78, 5) is 24.7. The molecular formula is C23H36O4. The molecule has 0 bridgehead atoms. The Kier molecular flexibility index (Phi) is 5.24.